The molecule has 19 heavy (non-hydrogen) atoms. The molecule has 0 aliphatic rings. The first-order valence-electron chi connectivity index (χ1n) is 7.86. The summed E-state index contributed by atoms with van der Waals surface area (Å²) in [6.07, 6.45) is 2.63. The van der Waals surface area contributed by atoms with Gasteiger partial charge < -0.3 is 4.57 Å². The van der Waals surface area contributed by atoms with Gasteiger partial charge in [-0.2, -0.15) is 0 Å². The zero-order chi connectivity index (χ0) is 15.3. The molecule has 0 bridgehead atoms. The fourth-order valence-electron chi connectivity index (χ4n) is 2.02. The third kappa shape index (κ3) is 5.96. The molecular weight excluding hydrogens is 262 g/mol. The Morgan fingerprint density at radius 1 is 1.05 bits per heavy atom. The highest BCUT2D eigenvalue weighted by Crippen LogP contribution is 2.38. The van der Waals surface area contributed by atoms with Gasteiger partial charge in [0.15, 0.2) is 0 Å². The number of hydrogen-bond acceptors (Lipinski definition) is 1. The topological polar surface area (TPSA) is 3.24 Å². The van der Waals surface area contributed by atoms with Crippen LogP contribution in [0.2, 0.25) is 37.3 Å². The third-order valence-electron chi connectivity index (χ3n) is 4.99. The summed E-state index contributed by atoms with van der Waals surface area (Å²) in [5.41, 5.74) is 2.25. The van der Waals surface area contributed by atoms with E-state index < -0.39 is 16.3 Å². The lowest BCUT2D eigenvalue weighted by Crippen LogP contribution is -2.56. The Morgan fingerprint density at radius 2 is 1.58 bits per heavy atom. The van der Waals surface area contributed by atoms with E-state index in [1.165, 1.54) is 32.0 Å². The van der Waals surface area contributed by atoms with Gasteiger partial charge >= 0.3 is 0 Å². The highest BCUT2D eigenvalue weighted by atomic mass is 28.3. The molecule has 0 spiro atoms. The Morgan fingerprint density at radius 3 is 1.95 bits per heavy atom. The van der Waals surface area contributed by atoms with Gasteiger partial charge in [-0.05, 0) is 30.6 Å². The predicted molar refractivity (Wildman–Crippen MR) is 96.2 cm³/mol. The lowest BCUT2D eigenvalue weighted by Gasteiger charge is -2.47. The second kappa shape index (κ2) is 7.23. The molecule has 0 radical (unpaired) electrons. The molecule has 0 saturated carbocycles. The van der Waals surface area contributed by atoms with Crippen LogP contribution in [0.15, 0.2) is 12.3 Å². The molecule has 0 rings (SSSR count). The lowest BCUT2D eigenvalue weighted by atomic mass is 10.2. The molecule has 0 saturated heterocycles. The second-order valence-electron chi connectivity index (χ2n) is 8.09. The lowest BCUT2D eigenvalue weighted by molar-refractivity contribution is 0.404. The van der Waals surface area contributed by atoms with Gasteiger partial charge in [-0.1, -0.05) is 60.3 Å². The van der Waals surface area contributed by atoms with Crippen LogP contribution in [0.25, 0.3) is 0 Å². The van der Waals surface area contributed by atoms with Crippen molar-refractivity contribution in [2.24, 2.45) is 0 Å². The summed E-state index contributed by atoms with van der Waals surface area (Å²) < 4.78 is 2.86. The minimum absolute atomic E-state index is 0.445. The van der Waals surface area contributed by atoms with Crippen LogP contribution < -0.4 is 0 Å². The van der Waals surface area contributed by atoms with Gasteiger partial charge in [0.2, 0.25) is 0 Å². The van der Waals surface area contributed by atoms with Crippen molar-refractivity contribution in [3.63, 3.8) is 0 Å². The van der Waals surface area contributed by atoms with Crippen molar-refractivity contribution in [1.82, 2.24) is 4.57 Å². The zero-order valence-electron chi connectivity index (χ0n) is 14.8. The maximum atomic E-state index is 4.04. The van der Waals surface area contributed by atoms with Gasteiger partial charge in [0.25, 0.3) is 0 Å². The minimum Gasteiger partial charge on any atom is -0.324 e. The second-order valence-corrected chi connectivity index (χ2v) is 18.2. The highest BCUT2D eigenvalue weighted by Gasteiger charge is 2.40. The Labute approximate surface area is 124 Å². The average Bonchev–Trinajstić information content (AvgIpc) is 2.27. The summed E-state index contributed by atoms with van der Waals surface area (Å²) in [6, 6.07) is 1.35. The van der Waals surface area contributed by atoms with E-state index in [1.54, 1.807) is 0 Å². The summed E-state index contributed by atoms with van der Waals surface area (Å²) in [7, 11) is -2.54. The molecule has 0 aromatic carbocycles. The van der Waals surface area contributed by atoms with Gasteiger partial charge in [-0.25, -0.2) is 0 Å². The monoisotopic (exact) mass is 299 g/mol. The first-order chi connectivity index (χ1) is 8.48. The summed E-state index contributed by atoms with van der Waals surface area (Å²) in [5, 5.41) is 0.445. The Balaban J connectivity index is 4.86. The zero-order valence-corrected chi connectivity index (χ0v) is 16.8. The molecule has 3 heteroatoms. The van der Waals surface area contributed by atoms with Crippen LogP contribution in [0.5, 0.6) is 0 Å². The molecule has 0 unspecified atom stereocenters. The van der Waals surface area contributed by atoms with Crippen LogP contribution in [0, 0.1) is 0 Å². The molecule has 1 nitrogen and oxygen atoms in total. The molecular formula is C16H37NSi2. The van der Waals surface area contributed by atoms with Crippen molar-refractivity contribution in [2.45, 2.75) is 77.8 Å². The number of rotatable bonds is 8. The van der Waals surface area contributed by atoms with E-state index in [0.717, 1.165) is 0 Å². The minimum atomic E-state index is -1.36. The van der Waals surface area contributed by atoms with Crippen LogP contribution in [0.1, 0.15) is 40.5 Å². The highest BCUT2D eigenvalue weighted by molar-refractivity contribution is 6.82. The summed E-state index contributed by atoms with van der Waals surface area (Å²) in [4.78, 5) is 0. The fourth-order valence-corrected chi connectivity index (χ4v) is 5.63. The van der Waals surface area contributed by atoms with Gasteiger partial charge in [-0.3, -0.25) is 0 Å². The molecule has 0 fully saturated rings. The van der Waals surface area contributed by atoms with Crippen molar-refractivity contribution < 1.29 is 0 Å². The smallest absolute Gasteiger partial charge is 0.127 e. The first kappa shape index (κ1) is 19.1. The van der Waals surface area contributed by atoms with E-state index in [2.05, 4.69) is 70.7 Å². The standard InChI is InChI=1S/C16H37NSi2/c1-10-12-13-17(14-15-18(6,7)11-2)19(8,9)16(3,4)5/h11H,2,10,12-15H2,1,3-9H3. The largest absolute Gasteiger partial charge is 0.324 e. The van der Waals surface area contributed by atoms with E-state index in [9.17, 15) is 0 Å². The summed E-state index contributed by atoms with van der Waals surface area (Å²) in [5.74, 6) is 0. The van der Waals surface area contributed by atoms with Gasteiger partial charge in [0.1, 0.15) is 8.24 Å². The molecule has 0 aromatic heterocycles. The predicted octanol–water partition coefficient (Wildman–Crippen LogP) is 5.53. The van der Waals surface area contributed by atoms with Crippen LogP contribution in [-0.2, 0) is 0 Å². The molecule has 0 aliphatic carbocycles. The van der Waals surface area contributed by atoms with Crippen molar-refractivity contribution in [2.75, 3.05) is 13.1 Å². The number of nitrogens with zero attached hydrogens (tertiary/aromatic N) is 1. The Hall–Kier alpha value is 0.134. The molecule has 0 aromatic rings. The van der Waals surface area contributed by atoms with Crippen LogP contribution in [0.4, 0.5) is 0 Å². The molecule has 0 amide bonds. The van der Waals surface area contributed by atoms with Crippen molar-refractivity contribution in [3.05, 3.63) is 12.3 Å². The van der Waals surface area contributed by atoms with Crippen LogP contribution in [-0.4, -0.2) is 34.0 Å². The van der Waals surface area contributed by atoms with Gasteiger partial charge in [0.05, 0.1) is 8.07 Å². The van der Waals surface area contributed by atoms with E-state index in [-0.39, 0.29) is 0 Å². The molecule has 0 aliphatic heterocycles. The summed E-state index contributed by atoms with van der Waals surface area (Å²) >= 11 is 0. The van der Waals surface area contributed by atoms with Gasteiger partial charge in [0, 0.05) is 0 Å². The van der Waals surface area contributed by atoms with E-state index >= 15 is 0 Å². The van der Waals surface area contributed by atoms with Crippen LogP contribution in [0.3, 0.4) is 0 Å². The van der Waals surface area contributed by atoms with Crippen molar-refractivity contribution in [3.8, 4) is 0 Å². The van der Waals surface area contributed by atoms with Crippen molar-refractivity contribution >= 4 is 16.3 Å². The van der Waals surface area contributed by atoms with E-state index in [1.807, 2.05) is 0 Å². The first-order valence-corrected chi connectivity index (χ1v) is 14.1. The molecule has 114 valence electrons. The molecule has 0 heterocycles. The Bertz CT molecular complexity index is 277. The fraction of sp³-hybridized carbons (Fsp3) is 0.875. The normalized spacial score (nSPS) is 13.9. The quantitative estimate of drug-likeness (QED) is 0.533. The van der Waals surface area contributed by atoms with E-state index in [0.29, 0.717) is 5.04 Å². The van der Waals surface area contributed by atoms with Crippen molar-refractivity contribution in [1.29, 1.82) is 0 Å². The Kier molecular flexibility index (Phi) is 7.28. The summed E-state index contributed by atoms with van der Waals surface area (Å²) in [6.45, 7) is 26.1. The van der Waals surface area contributed by atoms with E-state index in [4.69, 9.17) is 0 Å². The maximum Gasteiger partial charge on any atom is 0.127 e. The number of unbranched alkanes of at least 4 members (excludes halogenated alkanes) is 1. The van der Waals surface area contributed by atoms with Crippen LogP contribution >= 0.6 is 0 Å². The number of hydrogen-bond donors (Lipinski definition) is 0. The molecule has 0 N–H and O–H groups in total. The maximum absolute atomic E-state index is 4.04. The third-order valence-corrected chi connectivity index (χ3v) is 13.3. The van der Waals surface area contributed by atoms with Gasteiger partial charge in [-0.15, -0.1) is 12.3 Å². The average molecular weight is 300 g/mol. The SMILES string of the molecule is C=C[Si](C)(C)CCN(CCCC)[Si](C)(C)C(C)(C)C. The molecule has 0 atom stereocenters.